The van der Waals surface area contributed by atoms with E-state index in [0.29, 0.717) is 0 Å². The first-order valence-corrected chi connectivity index (χ1v) is 7.24. The molecular weight excluding hydrogens is 216 g/mol. The van der Waals surface area contributed by atoms with Crippen molar-refractivity contribution in [3.63, 3.8) is 0 Å². The van der Waals surface area contributed by atoms with Gasteiger partial charge >= 0.3 is 0 Å². The van der Waals surface area contributed by atoms with Crippen molar-refractivity contribution in [3.8, 4) is 0 Å². The molecule has 0 bridgehead atoms. The molecule has 0 amide bonds. The molecule has 1 aliphatic rings. The molecule has 5 nitrogen and oxygen atoms in total. The molecule has 6 heteroatoms. The van der Waals surface area contributed by atoms with E-state index in [1.54, 1.807) is 0 Å². The number of aliphatic hydroxyl groups is 1. The molecule has 0 spiro atoms. The van der Waals surface area contributed by atoms with Gasteiger partial charge in [0.2, 0.25) is 0 Å². The van der Waals surface area contributed by atoms with Crippen LogP contribution in [0.1, 0.15) is 6.42 Å². The Morgan fingerprint density at radius 2 is 2.07 bits per heavy atom. The summed E-state index contributed by atoms with van der Waals surface area (Å²) < 4.78 is 22.4. The van der Waals surface area contributed by atoms with Crippen LogP contribution in [0.5, 0.6) is 0 Å². The Morgan fingerprint density at radius 1 is 1.40 bits per heavy atom. The molecule has 1 aliphatic heterocycles. The maximum absolute atomic E-state index is 11.2. The average molecular weight is 238 g/mol. The highest BCUT2D eigenvalue weighted by Gasteiger charge is 2.38. The molecule has 4 N–H and O–H groups in total. The number of nitrogens with one attached hydrogen (secondary N) is 1. The van der Waals surface area contributed by atoms with E-state index in [4.69, 9.17) is 0 Å². The number of aliphatic hydroxyl groups excluding tert-OH is 1. The summed E-state index contributed by atoms with van der Waals surface area (Å²) in [6.07, 6.45) is 0.368. The standard InChI is InChI=1S/C9H20N2O3S/c1-11(2)5-3-4-10-8-6-15(13,14)7-9(8)12/h8-10,12H,3-7H2,1-2H3/p+2/t8-,9+/m0/s1. The second kappa shape index (κ2) is 5.25. The second-order valence-electron chi connectivity index (χ2n) is 4.64. The first kappa shape index (κ1) is 12.9. The summed E-state index contributed by atoms with van der Waals surface area (Å²) >= 11 is 0. The Balaban J connectivity index is 2.23. The summed E-state index contributed by atoms with van der Waals surface area (Å²) in [7, 11) is 1.20. The molecule has 1 fully saturated rings. The third-order valence-corrected chi connectivity index (χ3v) is 4.46. The van der Waals surface area contributed by atoms with E-state index >= 15 is 0 Å². The zero-order chi connectivity index (χ0) is 11.5. The smallest absolute Gasteiger partial charge is 0.159 e. The van der Waals surface area contributed by atoms with Gasteiger partial charge < -0.3 is 15.3 Å². The van der Waals surface area contributed by atoms with Gasteiger partial charge in [0.15, 0.2) is 9.84 Å². The first-order valence-electron chi connectivity index (χ1n) is 5.41. The predicted octanol–water partition coefficient (Wildman–Crippen LogP) is -3.76. The monoisotopic (exact) mass is 238 g/mol. The van der Waals surface area contributed by atoms with Crippen molar-refractivity contribution in [2.75, 3.05) is 38.7 Å². The number of sulfone groups is 1. The topological polar surface area (TPSA) is 75.4 Å². The zero-order valence-electron chi connectivity index (χ0n) is 9.44. The van der Waals surface area contributed by atoms with Gasteiger partial charge in [0.1, 0.15) is 17.9 Å². The maximum atomic E-state index is 11.2. The Kier molecular flexibility index (Phi) is 4.51. The molecular formula is C9H22N2O3S+2. The van der Waals surface area contributed by atoms with Crippen LogP contribution in [0.2, 0.25) is 0 Å². The Labute approximate surface area is 91.4 Å². The van der Waals surface area contributed by atoms with Crippen LogP contribution in [0.15, 0.2) is 0 Å². The lowest BCUT2D eigenvalue weighted by Crippen LogP contribution is -3.06. The van der Waals surface area contributed by atoms with Gasteiger partial charge in [-0.25, -0.2) is 8.42 Å². The number of nitrogens with two attached hydrogens (primary N) is 1. The van der Waals surface area contributed by atoms with E-state index in [0.717, 1.165) is 19.5 Å². The predicted molar refractivity (Wildman–Crippen MR) is 57.5 cm³/mol. The second-order valence-corrected chi connectivity index (χ2v) is 6.80. The van der Waals surface area contributed by atoms with Gasteiger partial charge in [0, 0.05) is 6.42 Å². The highest BCUT2D eigenvalue weighted by atomic mass is 32.2. The molecule has 0 aromatic heterocycles. The van der Waals surface area contributed by atoms with Crippen LogP contribution in [0, 0.1) is 0 Å². The van der Waals surface area contributed by atoms with Crippen LogP contribution in [-0.2, 0) is 9.84 Å². The fraction of sp³-hybridized carbons (Fsp3) is 1.00. The van der Waals surface area contributed by atoms with E-state index in [2.05, 4.69) is 14.1 Å². The molecule has 0 aliphatic carbocycles. The third kappa shape index (κ3) is 4.46. The molecule has 0 aromatic rings. The van der Waals surface area contributed by atoms with Crippen LogP contribution in [-0.4, -0.2) is 64.4 Å². The fourth-order valence-corrected chi connectivity index (χ4v) is 3.72. The summed E-state index contributed by atoms with van der Waals surface area (Å²) in [5.41, 5.74) is 0. The summed E-state index contributed by atoms with van der Waals surface area (Å²) in [6.45, 7) is 1.97. The van der Waals surface area contributed by atoms with Crippen LogP contribution in [0.25, 0.3) is 0 Å². The third-order valence-electron chi connectivity index (χ3n) is 2.72. The molecule has 1 saturated heterocycles. The highest BCUT2D eigenvalue weighted by molar-refractivity contribution is 7.91. The summed E-state index contributed by atoms with van der Waals surface area (Å²) in [4.78, 5) is 1.39. The number of quaternary nitrogens is 2. The van der Waals surface area contributed by atoms with Crippen molar-refractivity contribution in [2.24, 2.45) is 0 Å². The van der Waals surface area contributed by atoms with Crippen molar-refractivity contribution in [1.82, 2.24) is 0 Å². The molecule has 0 aromatic carbocycles. The van der Waals surface area contributed by atoms with E-state index in [1.165, 1.54) is 4.90 Å². The van der Waals surface area contributed by atoms with Crippen molar-refractivity contribution in [1.29, 1.82) is 0 Å². The minimum absolute atomic E-state index is 0.0624. The fourth-order valence-electron chi connectivity index (χ4n) is 1.87. The lowest BCUT2D eigenvalue weighted by atomic mass is 10.2. The minimum atomic E-state index is -2.98. The lowest BCUT2D eigenvalue weighted by Gasteiger charge is -2.12. The van der Waals surface area contributed by atoms with Crippen molar-refractivity contribution >= 4 is 9.84 Å². The van der Waals surface area contributed by atoms with E-state index in [1.807, 2.05) is 5.32 Å². The van der Waals surface area contributed by atoms with E-state index in [9.17, 15) is 13.5 Å². The van der Waals surface area contributed by atoms with Crippen LogP contribution in [0.3, 0.4) is 0 Å². The average Bonchev–Trinajstić information content (AvgIpc) is 2.33. The number of hydrogen-bond donors (Lipinski definition) is 3. The van der Waals surface area contributed by atoms with Gasteiger partial charge in [-0.1, -0.05) is 0 Å². The van der Waals surface area contributed by atoms with Crippen LogP contribution >= 0.6 is 0 Å². The zero-order valence-corrected chi connectivity index (χ0v) is 10.3. The largest absolute Gasteiger partial charge is 0.386 e. The molecule has 0 radical (unpaired) electrons. The Hall–Kier alpha value is -0.170. The first-order chi connectivity index (χ1) is 6.91. The van der Waals surface area contributed by atoms with Crippen molar-refractivity contribution in [2.45, 2.75) is 18.6 Å². The molecule has 15 heavy (non-hydrogen) atoms. The van der Waals surface area contributed by atoms with Crippen LogP contribution in [0.4, 0.5) is 0 Å². The van der Waals surface area contributed by atoms with Crippen molar-refractivity contribution in [3.05, 3.63) is 0 Å². The quantitative estimate of drug-likeness (QED) is 0.431. The molecule has 0 unspecified atom stereocenters. The van der Waals surface area contributed by atoms with Gasteiger partial charge in [-0.05, 0) is 0 Å². The van der Waals surface area contributed by atoms with Gasteiger partial charge in [-0.2, -0.15) is 0 Å². The molecule has 1 heterocycles. The number of hydrogen-bond acceptors (Lipinski definition) is 3. The van der Waals surface area contributed by atoms with Gasteiger partial charge in [-0.15, -0.1) is 0 Å². The summed E-state index contributed by atoms with van der Waals surface area (Å²) in [6, 6.07) is -0.146. The van der Waals surface area contributed by atoms with Gasteiger partial charge in [0.25, 0.3) is 0 Å². The molecule has 0 saturated carbocycles. The lowest BCUT2D eigenvalue weighted by molar-refractivity contribution is -0.860. The normalized spacial score (nSPS) is 29.9. The molecule has 1 rings (SSSR count). The van der Waals surface area contributed by atoms with Gasteiger partial charge in [-0.3, -0.25) is 0 Å². The molecule has 90 valence electrons. The Morgan fingerprint density at radius 3 is 2.53 bits per heavy atom. The SMILES string of the molecule is C[NH+](C)CCC[NH2+][C@H]1CS(=O)(=O)C[C@H]1O. The summed E-state index contributed by atoms with van der Waals surface area (Å²) in [5, 5.41) is 11.5. The Bertz CT molecular complexity index is 290. The highest BCUT2D eigenvalue weighted by Crippen LogP contribution is 2.08. The summed E-state index contributed by atoms with van der Waals surface area (Å²) in [5.74, 6) is 0.0656. The molecule has 2 atom stereocenters. The van der Waals surface area contributed by atoms with Gasteiger partial charge in [0.05, 0.1) is 32.9 Å². The maximum Gasteiger partial charge on any atom is 0.159 e. The minimum Gasteiger partial charge on any atom is -0.386 e. The van der Waals surface area contributed by atoms with Crippen LogP contribution < -0.4 is 10.2 Å². The van der Waals surface area contributed by atoms with E-state index < -0.39 is 15.9 Å². The van der Waals surface area contributed by atoms with Crippen molar-refractivity contribution < 1.29 is 23.7 Å². The van der Waals surface area contributed by atoms with E-state index in [-0.39, 0.29) is 17.5 Å². The number of rotatable bonds is 5.